The van der Waals surface area contributed by atoms with Crippen LogP contribution in [-0.4, -0.2) is 6.54 Å². The van der Waals surface area contributed by atoms with E-state index in [2.05, 4.69) is 59.4 Å². The van der Waals surface area contributed by atoms with Crippen molar-refractivity contribution in [3.05, 3.63) is 69.4 Å². The van der Waals surface area contributed by atoms with Crippen molar-refractivity contribution in [3.63, 3.8) is 0 Å². The predicted molar refractivity (Wildman–Crippen MR) is 85.4 cm³/mol. The number of hydrogen-bond donors (Lipinski definition) is 1. The van der Waals surface area contributed by atoms with Crippen molar-refractivity contribution in [2.45, 2.75) is 26.3 Å². The largest absolute Gasteiger partial charge is 0.306 e. The highest BCUT2D eigenvalue weighted by atomic mass is 79.9. The third-order valence-corrected chi connectivity index (χ3v) is 4.12. The van der Waals surface area contributed by atoms with Crippen LogP contribution in [0.15, 0.2) is 46.9 Å². The van der Waals surface area contributed by atoms with Crippen LogP contribution in [0.1, 0.15) is 36.6 Å². The van der Waals surface area contributed by atoms with Gasteiger partial charge in [-0.1, -0.05) is 54.0 Å². The fourth-order valence-electron chi connectivity index (χ4n) is 2.29. The highest BCUT2D eigenvalue weighted by Gasteiger charge is 2.16. The zero-order valence-corrected chi connectivity index (χ0v) is 13.4. The summed E-state index contributed by atoms with van der Waals surface area (Å²) in [5.74, 6) is -0.212. The molecule has 20 heavy (non-hydrogen) atoms. The van der Waals surface area contributed by atoms with Gasteiger partial charge < -0.3 is 5.32 Å². The van der Waals surface area contributed by atoms with Crippen LogP contribution >= 0.6 is 15.9 Å². The first kappa shape index (κ1) is 15.2. The van der Waals surface area contributed by atoms with E-state index in [1.54, 1.807) is 12.1 Å². The lowest BCUT2D eigenvalue weighted by Crippen LogP contribution is -2.22. The molecule has 106 valence electrons. The van der Waals surface area contributed by atoms with Gasteiger partial charge in [-0.25, -0.2) is 4.39 Å². The summed E-state index contributed by atoms with van der Waals surface area (Å²) in [6.07, 6.45) is 1.02. The van der Waals surface area contributed by atoms with E-state index < -0.39 is 0 Å². The fraction of sp³-hybridized carbons (Fsp3) is 0.294. The first-order valence-corrected chi connectivity index (χ1v) is 7.72. The standard InChI is InChI=1S/C17H19BrFN/c1-3-12-5-7-13(8-6-12)17(20-4-2)15-11-14(19)9-10-16(15)18/h5-11,17,20H,3-4H2,1-2H3. The molecule has 2 aromatic rings. The Kier molecular flexibility index (Phi) is 5.32. The molecule has 1 nitrogen and oxygen atoms in total. The van der Waals surface area contributed by atoms with Crippen LogP contribution in [0, 0.1) is 5.82 Å². The van der Waals surface area contributed by atoms with E-state index in [0.717, 1.165) is 28.6 Å². The Hall–Kier alpha value is -1.19. The minimum atomic E-state index is -0.212. The molecule has 0 aliphatic rings. The van der Waals surface area contributed by atoms with Gasteiger partial charge in [0.25, 0.3) is 0 Å². The van der Waals surface area contributed by atoms with Gasteiger partial charge in [0.2, 0.25) is 0 Å². The maximum absolute atomic E-state index is 13.5. The average Bonchev–Trinajstić information content (AvgIpc) is 2.48. The number of aryl methyl sites for hydroxylation is 1. The van der Waals surface area contributed by atoms with Crippen molar-refractivity contribution < 1.29 is 4.39 Å². The lowest BCUT2D eigenvalue weighted by Gasteiger charge is -2.20. The second-order valence-corrected chi connectivity index (χ2v) is 5.61. The van der Waals surface area contributed by atoms with E-state index in [1.165, 1.54) is 11.6 Å². The van der Waals surface area contributed by atoms with Gasteiger partial charge in [0.1, 0.15) is 5.82 Å². The van der Waals surface area contributed by atoms with E-state index in [0.29, 0.717) is 0 Å². The Labute approximate surface area is 128 Å². The monoisotopic (exact) mass is 335 g/mol. The molecule has 0 aromatic heterocycles. The van der Waals surface area contributed by atoms with Crippen LogP contribution in [0.4, 0.5) is 4.39 Å². The van der Waals surface area contributed by atoms with E-state index in [-0.39, 0.29) is 11.9 Å². The van der Waals surface area contributed by atoms with E-state index in [1.807, 2.05) is 0 Å². The van der Waals surface area contributed by atoms with Crippen LogP contribution < -0.4 is 5.32 Å². The van der Waals surface area contributed by atoms with Gasteiger partial charge in [0, 0.05) is 4.47 Å². The van der Waals surface area contributed by atoms with E-state index in [9.17, 15) is 4.39 Å². The molecule has 3 heteroatoms. The Bertz CT molecular complexity index is 566. The van der Waals surface area contributed by atoms with Crippen molar-refractivity contribution in [2.75, 3.05) is 6.54 Å². The molecule has 0 radical (unpaired) electrons. The van der Waals surface area contributed by atoms with Gasteiger partial charge in [0.05, 0.1) is 6.04 Å². The third kappa shape index (κ3) is 3.47. The molecular weight excluding hydrogens is 317 g/mol. The summed E-state index contributed by atoms with van der Waals surface area (Å²) in [6, 6.07) is 13.3. The van der Waals surface area contributed by atoms with Crippen molar-refractivity contribution >= 4 is 15.9 Å². The minimum absolute atomic E-state index is 0.00372. The summed E-state index contributed by atoms with van der Waals surface area (Å²) >= 11 is 3.52. The van der Waals surface area contributed by atoms with Crippen molar-refractivity contribution in [2.24, 2.45) is 0 Å². The second-order valence-electron chi connectivity index (χ2n) is 4.75. The van der Waals surface area contributed by atoms with E-state index >= 15 is 0 Å². The zero-order valence-electron chi connectivity index (χ0n) is 11.8. The van der Waals surface area contributed by atoms with E-state index in [4.69, 9.17) is 0 Å². The van der Waals surface area contributed by atoms with Crippen LogP contribution in [0.25, 0.3) is 0 Å². The number of halogens is 2. The maximum Gasteiger partial charge on any atom is 0.123 e. The van der Waals surface area contributed by atoms with Crippen molar-refractivity contribution in [3.8, 4) is 0 Å². The lowest BCUT2D eigenvalue weighted by atomic mass is 9.97. The van der Waals surface area contributed by atoms with Crippen molar-refractivity contribution in [1.29, 1.82) is 0 Å². The minimum Gasteiger partial charge on any atom is -0.306 e. The highest BCUT2D eigenvalue weighted by molar-refractivity contribution is 9.10. The molecule has 0 spiro atoms. The molecule has 1 N–H and O–H groups in total. The molecule has 0 amide bonds. The normalized spacial score (nSPS) is 12.4. The van der Waals surface area contributed by atoms with Crippen LogP contribution in [-0.2, 0) is 6.42 Å². The topological polar surface area (TPSA) is 12.0 Å². The summed E-state index contributed by atoms with van der Waals surface area (Å²) in [4.78, 5) is 0. The summed E-state index contributed by atoms with van der Waals surface area (Å²) in [7, 11) is 0. The van der Waals surface area contributed by atoms with Gasteiger partial charge in [-0.05, 0) is 47.9 Å². The second kappa shape index (κ2) is 7.00. The van der Waals surface area contributed by atoms with Crippen molar-refractivity contribution in [1.82, 2.24) is 5.32 Å². The first-order valence-electron chi connectivity index (χ1n) is 6.92. The molecule has 0 aliphatic carbocycles. The summed E-state index contributed by atoms with van der Waals surface area (Å²) in [6.45, 7) is 5.02. The van der Waals surface area contributed by atoms with Crippen LogP contribution in [0.2, 0.25) is 0 Å². The molecule has 0 bridgehead atoms. The molecule has 1 atom stereocenters. The number of nitrogens with one attached hydrogen (secondary N) is 1. The molecule has 1 unspecified atom stereocenters. The fourth-order valence-corrected chi connectivity index (χ4v) is 2.77. The SMILES string of the molecule is CCNC(c1ccc(CC)cc1)c1cc(F)ccc1Br. The van der Waals surface area contributed by atoms with Gasteiger partial charge in [-0.3, -0.25) is 0 Å². The Balaban J connectivity index is 2.41. The van der Waals surface area contributed by atoms with Gasteiger partial charge in [-0.15, -0.1) is 0 Å². The Morgan fingerprint density at radius 1 is 1.10 bits per heavy atom. The quantitative estimate of drug-likeness (QED) is 0.823. The number of rotatable bonds is 5. The third-order valence-electron chi connectivity index (χ3n) is 3.40. The summed E-state index contributed by atoms with van der Waals surface area (Å²) in [5, 5.41) is 3.42. The average molecular weight is 336 g/mol. The zero-order chi connectivity index (χ0) is 14.5. The van der Waals surface area contributed by atoms with Gasteiger partial charge in [-0.2, -0.15) is 0 Å². The van der Waals surface area contributed by atoms with Crippen LogP contribution in [0.5, 0.6) is 0 Å². The molecule has 0 heterocycles. The van der Waals surface area contributed by atoms with Gasteiger partial charge >= 0.3 is 0 Å². The highest BCUT2D eigenvalue weighted by Crippen LogP contribution is 2.29. The molecule has 0 saturated carbocycles. The molecule has 0 saturated heterocycles. The maximum atomic E-state index is 13.5. The first-order chi connectivity index (χ1) is 9.65. The molecule has 2 rings (SSSR count). The Morgan fingerprint density at radius 2 is 1.80 bits per heavy atom. The Morgan fingerprint density at radius 3 is 2.40 bits per heavy atom. The number of benzene rings is 2. The molecular formula is C17H19BrFN. The summed E-state index contributed by atoms with van der Waals surface area (Å²) < 4.78 is 14.5. The molecule has 0 fully saturated rings. The molecule has 0 aliphatic heterocycles. The number of hydrogen-bond acceptors (Lipinski definition) is 1. The van der Waals surface area contributed by atoms with Crippen LogP contribution in [0.3, 0.4) is 0 Å². The predicted octanol–water partition coefficient (Wildman–Crippen LogP) is 4.85. The van der Waals surface area contributed by atoms with Gasteiger partial charge in [0.15, 0.2) is 0 Å². The lowest BCUT2D eigenvalue weighted by molar-refractivity contribution is 0.601. The molecule has 2 aromatic carbocycles. The smallest absolute Gasteiger partial charge is 0.123 e. The summed E-state index contributed by atoms with van der Waals surface area (Å²) in [5.41, 5.74) is 3.38.